The van der Waals surface area contributed by atoms with E-state index in [0.29, 0.717) is 0 Å². The fraction of sp³-hybridized carbons (Fsp3) is 0.312. The molecule has 0 spiro atoms. The highest BCUT2D eigenvalue weighted by atomic mass is 16.4. The molecule has 1 rings (SSSR count). The first kappa shape index (κ1) is 17.2. The highest BCUT2D eigenvalue weighted by Gasteiger charge is 2.13. The van der Waals surface area contributed by atoms with Gasteiger partial charge in [-0.05, 0) is 24.0 Å². The number of rotatable bonds is 7. The topological polar surface area (TPSA) is 102 Å². The number of benzene rings is 1. The fourth-order valence-corrected chi connectivity index (χ4v) is 1.97. The number of anilines is 1. The van der Waals surface area contributed by atoms with E-state index < -0.39 is 11.9 Å². The van der Waals surface area contributed by atoms with Crippen LogP contribution in [0.2, 0.25) is 0 Å². The summed E-state index contributed by atoms with van der Waals surface area (Å²) < 4.78 is 0. The molecule has 1 aromatic rings. The first-order valence-corrected chi connectivity index (χ1v) is 7.01. The van der Waals surface area contributed by atoms with Crippen LogP contribution >= 0.6 is 0 Å². The van der Waals surface area contributed by atoms with Crippen LogP contribution in [-0.2, 0) is 22.4 Å². The van der Waals surface area contributed by atoms with Gasteiger partial charge in [0.25, 0.3) is 5.91 Å². The molecule has 3 N–H and O–H groups in total. The number of aliphatic carboxylic acids is 1. The van der Waals surface area contributed by atoms with Crippen LogP contribution in [0.5, 0.6) is 0 Å². The number of aryl methyl sites for hydroxylation is 2. The lowest BCUT2D eigenvalue weighted by Crippen LogP contribution is -2.21. The summed E-state index contributed by atoms with van der Waals surface area (Å²) in [5.74, 6) is -1.63. The SMILES string of the molecule is CCc1cccc(CC)c1NC(=O)/C(C#N)=C\NCC(=O)O. The molecular formula is C16H19N3O3. The highest BCUT2D eigenvalue weighted by molar-refractivity contribution is 6.07. The Labute approximate surface area is 129 Å². The van der Waals surface area contributed by atoms with E-state index in [1.165, 1.54) is 0 Å². The molecule has 0 aromatic heterocycles. The van der Waals surface area contributed by atoms with Crippen LogP contribution in [0.4, 0.5) is 5.69 Å². The monoisotopic (exact) mass is 301 g/mol. The maximum atomic E-state index is 12.2. The fourth-order valence-electron chi connectivity index (χ4n) is 1.97. The lowest BCUT2D eigenvalue weighted by atomic mass is 10.0. The minimum atomic E-state index is -1.07. The molecule has 6 nitrogen and oxygen atoms in total. The van der Waals surface area contributed by atoms with Crippen molar-refractivity contribution in [3.8, 4) is 6.07 Å². The number of nitrogens with zero attached hydrogens (tertiary/aromatic N) is 1. The summed E-state index contributed by atoms with van der Waals surface area (Å²) in [6, 6.07) is 7.55. The first-order valence-electron chi connectivity index (χ1n) is 7.01. The Morgan fingerprint density at radius 3 is 2.32 bits per heavy atom. The van der Waals surface area contributed by atoms with Gasteiger partial charge in [0.2, 0.25) is 0 Å². The van der Waals surface area contributed by atoms with E-state index in [0.717, 1.165) is 35.9 Å². The second-order valence-electron chi connectivity index (χ2n) is 4.56. The molecule has 1 amide bonds. The molecule has 1 aromatic carbocycles. The van der Waals surface area contributed by atoms with Crippen molar-refractivity contribution in [2.75, 3.05) is 11.9 Å². The Hall–Kier alpha value is -2.81. The zero-order chi connectivity index (χ0) is 16.5. The van der Waals surface area contributed by atoms with Gasteiger partial charge in [-0.15, -0.1) is 0 Å². The Balaban J connectivity index is 2.96. The van der Waals surface area contributed by atoms with Gasteiger partial charge in [0.1, 0.15) is 18.2 Å². The van der Waals surface area contributed by atoms with E-state index in [2.05, 4.69) is 10.6 Å². The third-order valence-electron chi connectivity index (χ3n) is 3.10. The molecule has 0 bridgehead atoms. The molecule has 22 heavy (non-hydrogen) atoms. The van der Waals surface area contributed by atoms with E-state index in [-0.39, 0.29) is 12.1 Å². The Kier molecular flexibility index (Phi) is 6.64. The average molecular weight is 301 g/mol. The summed E-state index contributed by atoms with van der Waals surface area (Å²) in [4.78, 5) is 22.6. The van der Waals surface area contributed by atoms with Gasteiger partial charge < -0.3 is 15.7 Å². The maximum Gasteiger partial charge on any atom is 0.322 e. The summed E-state index contributed by atoms with van der Waals surface area (Å²) in [7, 11) is 0. The molecular weight excluding hydrogens is 282 g/mol. The predicted molar refractivity (Wildman–Crippen MR) is 83.2 cm³/mol. The zero-order valence-electron chi connectivity index (χ0n) is 12.6. The number of carboxylic acids is 1. The van der Waals surface area contributed by atoms with E-state index in [4.69, 9.17) is 10.4 Å². The van der Waals surface area contributed by atoms with Gasteiger partial charge in [0.15, 0.2) is 0 Å². The smallest absolute Gasteiger partial charge is 0.322 e. The van der Waals surface area contributed by atoms with Crippen LogP contribution < -0.4 is 10.6 Å². The Bertz CT molecular complexity index is 608. The number of para-hydroxylation sites is 1. The van der Waals surface area contributed by atoms with Crippen LogP contribution in [0.15, 0.2) is 30.0 Å². The van der Waals surface area contributed by atoms with Crippen molar-refractivity contribution in [3.63, 3.8) is 0 Å². The predicted octanol–water partition coefficient (Wildman–Crippen LogP) is 1.83. The molecule has 0 aliphatic heterocycles. The van der Waals surface area contributed by atoms with Crippen molar-refractivity contribution in [2.24, 2.45) is 0 Å². The third-order valence-corrected chi connectivity index (χ3v) is 3.10. The summed E-state index contributed by atoms with van der Waals surface area (Å²) in [5, 5.41) is 22.7. The first-order chi connectivity index (χ1) is 10.5. The van der Waals surface area contributed by atoms with Gasteiger partial charge in [-0.2, -0.15) is 5.26 Å². The summed E-state index contributed by atoms with van der Waals surface area (Å²) in [6.07, 6.45) is 2.63. The van der Waals surface area contributed by atoms with Crippen LogP contribution in [0.1, 0.15) is 25.0 Å². The lowest BCUT2D eigenvalue weighted by Gasteiger charge is -2.14. The standard InChI is InChI=1S/C16H19N3O3/c1-3-11-6-5-7-12(4-2)15(11)19-16(22)13(8-17)9-18-10-14(20)21/h5-7,9,18H,3-4,10H2,1-2H3,(H,19,22)(H,20,21)/b13-9-. The number of nitrogens with one attached hydrogen (secondary N) is 2. The normalized spacial score (nSPS) is 10.7. The number of carboxylic acid groups (broad SMARTS) is 1. The number of hydrogen-bond acceptors (Lipinski definition) is 4. The second-order valence-corrected chi connectivity index (χ2v) is 4.56. The van der Waals surface area contributed by atoms with E-state index in [1.54, 1.807) is 6.07 Å². The summed E-state index contributed by atoms with van der Waals surface area (Å²) in [6.45, 7) is 3.62. The molecule has 0 saturated heterocycles. The molecule has 6 heteroatoms. The molecule has 0 saturated carbocycles. The molecule has 0 aliphatic carbocycles. The van der Waals surface area contributed by atoms with E-state index in [9.17, 15) is 9.59 Å². The maximum absolute atomic E-state index is 12.2. The molecule has 0 heterocycles. The van der Waals surface area contributed by atoms with Gasteiger partial charge in [0.05, 0.1) is 0 Å². The zero-order valence-corrected chi connectivity index (χ0v) is 12.6. The van der Waals surface area contributed by atoms with Crippen molar-refractivity contribution >= 4 is 17.6 Å². The van der Waals surface area contributed by atoms with Gasteiger partial charge in [-0.1, -0.05) is 32.0 Å². The molecule has 0 fully saturated rings. The lowest BCUT2D eigenvalue weighted by molar-refractivity contribution is -0.135. The number of nitriles is 1. The third kappa shape index (κ3) is 4.63. The summed E-state index contributed by atoms with van der Waals surface area (Å²) >= 11 is 0. The van der Waals surface area contributed by atoms with E-state index in [1.807, 2.05) is 32.0 Å². The van der Waals surface area contributed by atoms with Gasteiger partial charge >= 0.3 is 5.97 Å². The quantitative estimate of drug-likeness (QED) is 0.527. The van der Waals surface area contributed by atoms with Crippen molar-refractivity contribution in [1.29, 1.82) is 5.26 Å². The van der Waals surface area contributed by atoms with Gasteiger partial charge in [-0.25, -0.2) is 0 Å². The second kappa shape index (κ2) is 8.47. The van der Waals surface area contributed by atoms with Crippen LogP contribution in [0.25, 0.3) is 0 Å². The Morgan fingerprint density at radius 1 is 1.27 bits per heavy atom. The van der Waals surface area contributed by atoms with E-state index >= 15 is 0 Å². The number of carbonyl (C=O) groups is 2. The largest absolute Gasteiger partial charge is 0.480 e. The molecule has 0 aliphatic rings. The highest BCUT2D eigenvalue weighted by Crippen LogP contribution is 2.23. The van der Waals surface area contributed by atoms with Crippen molar-refractivity contribution < 1.29 is 14.7 Å². The Morgan fingerprint density at radius 2 is 1.86 bits per heavy atom. The molecule has 0 radical (unpaired) electrons. The minimum Gasteiger partial charge on any atom is -0.480 e. The molecule has 0 atom stereocenters. The van der Waals surface area contributed by atoms with Crippen LogP contribution in [0.3, 0.4) is 0 Å². The molecule has 116 valence electrons. The average Bonchev–Trinajstić information content (AvgIpc) is 2.51. The van der Waals surface area contributed by atoms with Gasteiger partial charge in [0, 0.05) is 11.9 Å². The summed E-state index contributed by atoms with van der Waals surface area (Å²) in [5.41, 5.74) is 2.53. The molecule has 0 unspecified atom stereocenters. The minimum absolute atomic E-state index is 0.172. The number of hydrogen-bond donors (Lipinski definition) is 3. The van der Waals surface area contributed by atoms with Crippen LogP contribution in [-0.4, -0.2) is 23.5 Å². The van der Waals surface area contributed by atoms with Crippen LogP contribution in [0, 0.1) is 11.3 Å². The number of amides is 1. The van der Waals surface area contributed by atoms with Gasteiger partial charge in [-0.3, -0.25) is 9.59 Å². The van der Waals surface area contributed by atoms with Crippen molar-refractivity contribution in [1.82, 2.24) is 5.32 Å². The van der Waals surface area contributed by atoms with Crippen molar-refractivity contribution in [2.45, 2.75) is 26.7 Å². The number of carbonyl (C=O) groups excluding carboxylic acids is 1. The van der Waals surface area contributed by atoms with Crippen molar-refractivity contribution in [3.05, 3.63) is 41.1 Å².